The second kappa shape index (κ2) is 19.0. The number of halogens is 1. The Morgan fingerprint density at radius 1 is 0.758 bits per heavy atom. The van der Waals surface area contributed by atoms with Crippen molar-refractivity contribution in [1.29, 1.82) is 0 Å². The van der Waals surface area contributed by atoms with Crippen LogP contribution in [0.4, 0.5) is 31.7 Å². The number of carbonyl (C=O) groups is 4. The summed E-state index contributed by atoms with van der Waals surface area (Å²) >= 11 is 6.51. The zero-order valence-electron chi connectivity index (χ0n) is 37.0. The molecule has 3 aliphatic rings. The van der Waals surface area contributed by atoms with Crippen LogP contribution in [0.2, 0.25) is 0 Å². The largest absolute Gasteiger partial charge is 0.481 e. The molecule has 66 heavy (non-hydrogen) atoms. The number of amides is 4. The molecular formula is C45H51BrN12O6S2. The van der Waals surface area contributed by atoms with Crippen molar-refractivity contribution in [2.75, 3.05) is 59.3 Å². The molecule has 18 nitrogen and oxygen atoms in total. The summed E-state index contributed by atoms with van der Waals surface area (Å²) in [5, 5.41) is 25.4. The van der Waals surface area contributed by atoms with Gasteiger partial charge in [0.2, 0.25) is 11.9 Å². The fraction of sp³-hybridized carbons (Fsp3) is 0.422. The van der Waals surface area contributed by atoms with E-state index in [1.54, 1.807) is 26.2 Å². The number of urea groups is 2. The Morgan fingerprint density at radius 3 is 1.71 bits per heavy atom. The van der Waals surface area contributed by atoms with Gasteiger partial charge in [-0.05, 0) is 129 Å². The number of carbonyl (C=O) groups excluding carboxylic acids is 2. The maximum atomic E-state index is 11.8. The van der Waals surface area contributed by atoms with Crippen molar-refractivity contribution >= 4 is 105 Å². The van der Waals surface area contributed by atoms with Gasteiger partial charge in [0.15, 0.2) is 10.3 Å². The van der Waals surface area contributed by atoms with Crippen LogP contribution in [0.1, 0.15) is 77.7 Å². The lowest BCUT2D eigenvalue weighted by Crippen LogP contribution is -2.43. The van der Waals surface area contributed by atoms with Gasteiger partial charge in [-0.3, -0.25) is 19.8 Å². The summed E-state index contributed by atoms with van der Waals surface area (Å²) in [7, 11) is 0. The molecule has 0 bridgehead atoms. The normalized spacial score (nSPS) is 16.6. The molecule has 4 amide bonds. The molecule has 2 aliphatic heterocycles. The van der Waals surface area contributed by atoms with Gasteiger partial charge in [0, 0.05) is 79.7 Å². The second-order valence-corrected chi connectivity index (χ2v) is 20.2. The Labute approximate surface area is 397 Å². The van der Waals surface area contributed by atoms with Crippen molar-refractivity contribution in [3.63, 3.8) is 0 Å². The molecule has 3 fully saturated rings. The highest BCUT2D eigenvalue weighted by Crippen LogP contribution is 2.47. The molecule has 9 rings (SSSR count). The van der Waals surface area contributed by atoms with Crippen molar-refractivity contribution in [3.05, 3.63) is 59.1 Å². The van der Waals surface area contributed by atoms with Gasteiger partial charge in [0.25, 0.3) is 0 Å². The maximum absolute atomic E-state index is 11.8. The first kappa shape index (κ1) is 46.5. The Balaban J connectivity index is 0.000000180. The first-order chi connectivity index (χ1) is 31.6. The second-order valence-electron chi connectivity index (χ2n) is 17.3. The number of fused-ring (bicyclic) bond motifs is 2. The van der Waals surface area contributed by atoms with E-state index in [9.17, 15) is 29.4 Å². The topological polar surface area (TPSA) is 246 Å². The maximum Gasteiger partial charge on any atom is 0.321 e. The smallest absolute Gasteiger partial charge is 0.321 e. The van der Waals surface area contributed by atoms with E-state index in [2.05, 4.69) is 57.5 Å². The number of aromatic nitrogens is 6. The van der Waals surface area contributed by atoms with E-state index in [1.165, 1.54) is 33.1 Å². The van der Waals surface area contributed by atoms with E-state index in [0.29, 0.717) is 93.0 Å². The zero-order valence-corrected chi connectivity index (χ0v) is 40.2. The highest BCUT2D eigenvalue weighted by molar-refractivity contribution is 9.10. The molecule has 0 unspecified atom stereocenters. The summed E-state index contributed by atoms with van der Waals surface area (Å²) in [6, 6.07) is 7.35. The lowest BCUT2D eigenvalue weighted by molar-refractivity contribution is -0.150. The summed E-state index contributed by atoms with van der Waals surface area (Å²) in [5.74, 6) is 0.240. The van der Waals surface area contributed by atoms with Crippen LogP contribution < -0.4 is 31.1 Å². The summed E-state index contributed by atoms with van der Waals surface area (Å²) in [6.45, 7) is 10.8. The van der Waals surface area contributed by atoms with Gasteiger partial charge in [-0.2, -0.15) is 0 Å². The van der Waals surface area contributed by atoms with Crippen LogP contribution >= 0.6 is 38.6 Å². The van der Waals surface area contributed by atoms with Crippen LogP contribution in [-0.4, -0.2) is 103 Å². The number of carboxylic acids is 2. The molecule has 346 valence electrons. The number of aliphatic carboxylic acids is 2. The molecule has 21 heteroatoms. The monoisotopic (exact) mass is 998 g/mol. The standard InChI is InChI=1S/C24H28N6O3S.C21H23BrN6O3S/c1-3-30(21(25)33)23-28-18-11-15(10-17(14-4-5-14)19(18)34-23)16-12-26-22(27-13-16)29-8-6-24(2,7-9-29)20(31)32;1-3-23-19(31)27-20-26-15-9-12(8-14(22)16(15)32-20)13-10-24-18(25-11-13)28-6-4-21(2,5-7-28)17(29)30/h10-14H,3-9H2,1-2H3,(H2,25,33)(H,31,32);8-11H,3-7H2,1-2H3,(H,29,30)(H2,23,26,27,31). The van der Waals surface area contributed by atoms with Crippen LogP contribution in [0.3, 0.4) is 0 Å². The molecule has 6 N–H and O–H groups in total. The SMILES string of the molecule is CCN(C(N)=O)c1nc2cc(-c3cnc(N4CCC(C)(C(=O)O)CC4)nc3)cc(C3CC3)c2s1.CCNC(=O)Nc1nc2cc(-c3cnc(N4CCC(C)(C(=O)O)CC4)nc3)cc(Br)c2s1. The third-order valence-corrected chi connectivity index (χ3v) is 15.7. The molecule has 2 saturated heterocycles. The molecule has 1 aliphatic carbocycles. The molecule has 6 aromatic rings. The number of hydrogen-bond donors (Lipinski definition) is 5. The average Bonchev–Trinajstić information content (AvgIpc) is 3.93. The number of nitrogens with two attached hydrogens (primary N) is 1. The molecular weight excluding hydrogens is 949 g/mol. The minimum absolute atomic E-state index is 0.284. The first-order valence-electron chi connectivity index (χ1n) is 21.9. The molecule has 0 spiro atoms. The molecule has 4 aromatic heterocycles. The molecule has 6 heterocycles. The minimum Gasteiger partial charge on any atom is -0.481 e. The van der Waals surface area contributed by atoms with Gasteiger partial charge >= 0.3 is 24.0 Å². The zero-order chi connectivity index (χ0) is 46.9. The van der Waals surface area contributed by atoms with Gasteiger partial charge in [0.05, 0.1) is 31.3 Å². The van der Waals surface area contributed by atoms with Crippen molar-refractivity contribution < 1.29 is 29.4 Å². The van der Waals surface area contributed by atoms with Crippen molar-refractivity contribution in [1.82, 2.24) is 35.2 Å². The van der Waals surface area contributed by atoms with Crippen molar-refractivity contribution in [2.24, 2.45) is 16.6 Å². The number of primary amides is 1. The van der Waals surface area contributed by atoms with E-state index in [4.69, 9.17) is 10.7 Å². The number of thiazole rings is 2. The third-order valence-electron chi connectivity index (χ3n) is 12.6. The van der Waals surface area contributed by atoms with E-state index < -0.39 is 28.8 Å². The predicted octanol–water partition coefficient (Wildman–Crippen LogP) is 8.58. The fourth-order valence-corrected chi connectivity index (χ4v) is 10.8. The fourth-order valence-electron chi connectivity index (χ4n) is 8.02. The number of carboxylic acid groups (broad SMARTS) is 2. The number of hydrogen-bond acceptors (Lipinski definition) is 14. The Bertz CT molecular complexity index is 2780. The van der Waals surface area contributed by atoms with E-state index >= 15 is 0 Å². The highest BCUT2D eigenvalue weighted by Gasteiger charge is 2.39. The number of piperidine rings is 2. The van der Waals surface area contributed by atoms with Gasteiger partial charge in [-0.1, -0.05) is 22.7 Å². The van der Waals surface area contributed by atoms with Crippen LogP contribution in [-0.2, 0) is 9.59 Å². The number of anilines is 4. The predicted molar refractivity (Wildman–Crippen MR) is 261 cm³/mol. The van der Waals surface area contributed by atoms with E-state index in [0.717, 1.165) is 60.0 Å². The Kier molecular flexibility index (Phi) is 13.4. The number of rotatable bonds is 11. The summed E-state index contributed by atoms with van der Waals surface area (Å²) in [5.41, 5.74) is 10.7. The van der Waals surface area contributed by atoms with Gasteiger partial charge < -0.3 is 31.1 Å². The number of benzene rings is 2. The third kappa shape index (κ3) is 9.87. The summed E-state index contributed by atoms with van der Waals surface area (Å²) in [4.78, 5) is 79.6. The quantitative estimate of drug-likeness (QED) is 0.0816. The molecule has 0 atom stereocenters. The van der Waals surface area contributed by atoms with Gasteiger partial charge in [0.1, 0.15) is 0 Å². The minimum atomic E-state index is -0.749. The molecule has 1 saturated carbocycles. The molecule has 0 radical (unpaired) electrons. The average molecular weight is 1000 g/mol. The number of nitrogens with one attached hydrogen (secondary N) is 2. The Morgan fingerprint density at radius 2 is 1.26 bits per heavy atom. The first-order valence-corrected chi connectivity index (χ1v) is 24.3. The lowest BCUT2D eigenvalue weighted by atomic mass is 9.80. The van der Waals surface area contributed by atoms with Crippen LogP contribution in [0.25, 0.3) is 42.7 Å². The van der Waals surface area contributed by atoms with Gasteiger partial charge in [-0.15, -0.1) is 0 Å². The highest BCUT2D eigenvalue weighted by atomic mass is 79.9. The van der Waals surface area contributed by atoms with Crippen LogP contribution in [0.15, 0.2) is 53.5 Å². The summed E-state index contributed by atoms with van der Waals surface area (Å²) in [6.07, 6.45) is 11.7. The van der Waals surface area contributed by atoms with Crippen LogP contribution in [0.5, 0.6) is 0 Å². The summed E-state index contributed by atoms with van der Waals surface area (Å²) < 4.78 is 2.92. The number of nitrogens with zero attached hydrogens (tertiary/aromatic N) is 9. The lowest BCUT2D eigenvalue weighted by Gasteiger charge is -2.36. The van der Waals surface area contributed by atoms with Gasteiger partial charge in [-0.25, -0.2) is 39.5 Å². The van der Waals surface area contributed by atoms with Crippen molar-refractivity contribution in [3.8, 4) is 22.3 Å². The van der Waals surface area contributed by atoms with Crippen LogP contribution in [0, 0.1) is 10.8 Å². The Hall–Kier alpha value is -6.06. The molecule has 2 aromatic carbocycles. The van der Waals surface area contributed by atoms with Crippen molar-refractivity contribution in [2.45, 2.75) is 72.1 Å². The van der Waals surface area contributed by atoms with E-state index in [-0.39, 0.29) is 6.03 Å². The van der Waals surface area contributed by atoms with E-state index in [1.807, 2.05) is 54.2 Å².